The van der Waals surface area contributed by atoms with E-state index in [4.69, 9.17) is 26.6 Å². The summed E-state index contributed by atoms with van der Waals surface area (Å²) < 4.78 is 34.7. The summed E-state index contributed by atoms with van der Waals surface area (Å²) in [6.07, 6.45) is 12.8. The third-order valence-corrected chi connectivity index (χ3v) is 12.4. The van der Waals surface area contributed by atoms with Gasteiger partial charge in [-0.05, 0) is 12.8 Å². The van der Waals surface area contributed by atoms with Crippen LogP contribution in [0.4, 0.5) is 0 Å². The van der Waals surface area contributed by atoms with E-state index in [9.17, 15) is 0 Å². The van der Waals surface area contributed by atoms with Crippen LogP contribution in [0.3, 0.4) is 0 Å². The molecule has 32 heavy (non-hydrogen) atoms. The standard InChI is InChI=1S/C23H54NO6Si2/c1-9-10-11-12-13-14-15-16-19-24(2,20-17-22-31(25-3,26-4)27-5)21-18-23-32(28-6,29-7)30-8/h9-23H2,1-8H3/q+1. The maximum atomic E-state index is 5.62. The Hall–Kier alpha value is 0.154. The van der Waals surface area contributed by atoms with Crippen LogP contribution < -0.4 is 0 Å². The zero-order valence-electron chi connectivity index (χ0n) is 22.5. The van der Waals surface area contributed by atoms with Crippen molar-refractivity contribution in [3.05, 3.63) is 0 Å². The number of hydrogen-bond acceptors (Lipinski definition) is 6. The fourth-order valence-corrected chi connectivity index (χ4v) is 7.84. The van der Waals surface area contributed by atoms with Crippen molar-refractivity contribution in [3.8, 4) is 0 Å². The highest BCUT2D eigenvalue weighted by Crippen LogP contribution is 2.21. The van der Waals surface area contributed by atoms with Gasteiger partial charge in [-0.3, -0.25) is 0 Å². The van der Waals surface area contributed by atoms with Crippen LogP contribution in [-0.4, -0.2) is 91.4 Å². The molecule has 7 nitrogen and oxygen atoms in total. The molecule has 0 fully saturated rings. The summed E-state index contributed by atoms with van der Waals surface area (Å²) in [5, 5.41) is 0. The molecule has 0 spiro atoms. The predicted molar refractivity (Wildman–Crippen MR) is 136 cm³/mol. The summed E-state index contributed by atoms with van der Waals surface area (Å²) in [4.78, 5) is 0. The smallest absolute Gasteiger partial charge is 0.377 e. The molecule has 0 amide bonds. The minimum Gasteiger partial charge on any atom is -0.377 e. The molecule has 0 saturated carbocycles. The Kier molecular flexibility index (Phi) is 18.6. The molecule has 0 aromatic carbocycles. The van der Waals surface area contributed by atoms with Gasteiger partial charge in [0.2, 0.25) is 0 Å². The minimum absolute atomic E-state index is 0.842. The molecule has 0 unspecified atom stereocenters. The van der Waals surface area contributed by atoms with E-state index in [0.29, 0.717) is 0 Å². The Morgan fingerprint density at radius 1 is 0.469 bits per heavy atom. The van der Waals surface area contributed by atoms with Crippen LogP contribution in [0.5, 0.6) is 0 Å². The van der Waals surface area contributed by atoms with Gasteiger partial charge in [-0.25, -0.2) is 0 Å². The lowest BCUT2D eigenvalue weighted by atomic mass is 10.1. The van der Waals surface area contributed by atoms with Crippen LogP contribution in [0, 0.1) is 0 Å². The second-order valence-electron chi connectivity index (χ2n) is 9.06. The summed E-state index contributed by atoms with van der Waals surface area (Å²) in [6.45, 7) is 5.64. The molecule has 9 heteroatoms. The fourth-order valence-electron chi connectivity index (χ4n) is 4.43. The number of quaternary nitrogens is 1. The van der Waals surface area contributed by atoms with Crippen molar-refractivity contribution in [2.75, 3.05) is 69.3 Å². The first kappa shape index (κ1) is 32.2. The number of hydrogen-bond donors (Lipinski definition) is 0. The van der Waals surface area contributed by atoms with Crippen molar-refractivity contribution in [1.29, 1.82) is 0 Å². The average molecular weight is 497 g/mol. The Morgan fingerprint density at radius 2 is 0.781 bits per heavy atom. The molecule has 0 bridgehead atoms. The van der Waals surface area contributed by atoms with Crippen molar-refractivity contribution in [3.63, 3.8) is 0 Å². The van der Waals surface area contributed by atoms with E-state index in [2.05, 4.69) is 14.0 Å². The largest absolute Gasteiger partial charge is 0.500 e. The number of unbranched alkanes of at least 4 members (excludes halogenated alkanes) is 7. The van der Waals surface area contributed by atoms with E-state index in [1.54, 1.807) is 42.7 Å². The highest BCUT2D eigenvalue weighted by Gasteiger charge is 2.40. The predicted octanol–water partition coefficient (Wildman–Crippen LogP) is 5.11. The topological polar surface area (TPSA) is 55.4 Å². The summed E-state index contributed by atoms with van der Waals surface area (Å²) >= 11 is 0. The first-order valence-electron chi connectivity index (χ1n) is 12.5. The van der Waals surface area contributed by atoms with E-state index >= 15 is 0 Å². The van der Waals surface area contributed by atoms with Crippen molar-refractivity contribution in [2.45, 2.75) is 83.2 Å². The monoisotopic (exact) mass is 496 g/mol. The molecular weight excluding hydrogens is 442 g/mol. The van der Waals surface area contributed by atoms with Gasteiger partial charge in [0.05, 0.1) is 26.7 Å². The Morgan fingerprint density at radius 3 is 1.12 bits per heavy atom. The first-order valence-corrected chi connectivity index (χ1v) is 16.3. The van der Waals surface area contributed by atoms with E-state index < -0.39 is 17.6 Å². The maximum absolute atomic E-state index is 5.62. The first-order chi connectivity index (χ1) is 15.3. The van der Waals surface area contributed by atoms with Crippen molar-refractivity contribution in [2.24, 2.45) is 0 Å². The van der Waals surface area contributed by atoms with Gasteiger partial charge in [0.15, 0.2) is 0 Å². The molecule has 0 heterocycles. The van der Waals surface area contributed by atoms with Gasteiger partial charge < -0.3 is 31.0 Å². The van der Waals surface area contributed by atoms with Crippen LogP contribution in [-0.2, 0) is 26.6 Å². The zero-order chi connectivity index (χ0) is 24.3. The minimum atomic E-state index is -2.52. The van der Waals surface area contributed by atoms with Gasteiger partial charge >= 0.3 is 17.6 Å². The molecule has 0 aromatic rings. The van der Waals surface area contributed by atoms with Crippen molar-refractivity contribution < 1.29 is 31.0 Å². The zero-order valence-corrected chi connectivity index (χ0v) is 24.5. The SMILES string of the molecule is CCCCCCCCCC[N+](C)(CCC[Si](OC)(OC)OC)CCC[Si](OC)(OC)OC. The molecule has 0 aliphatic heterocycles. The summed E-state index contributed by atoms with van der Waals surface area (Å²) in [5.74, 6) is 0. The lowest BCUT2D eigenvalue weighted by Gasteiger charge is -2.36. The van der Waals surface area contributed by atoms with E-state index in [0.717, 1.165) is 42.5 Å². The molecular formula is C23H54NO6Si2+. The molecule has 0 aliphatic carbocycles. The van der Waals surface area contributed by atoms with Crippen LogP contribution >= 0.6 is 0 Å². The molecule has 0 aromatic heterocycles. The van der Waals surface area contributed by atoms with Gasteiger partial charge in [0.1, 0.15) is 0 Å². The van der Waals surface area contributed by atoms with Crippen molar-refractivity contribution >= 4 is 17.6 Å². The van der Waals surface area contributed by atoms with E-state index in [1.165, 1.54) is 57.9 Å². The second kappa shape index (κ2) is 18.5. The molecule has 194 valence electrons. The summed E-state index contributed by atoms with van der Waals surface area (Å²) in [7, 11) is 7.50. The number of rotatable bonds is 23. The number of nitrogens with zero attached hydrogens (tertiary/aromatic N) is 1. The van der Waals surface area contributed by atoms with Gasteiger partial charge in [-0.1, -0.05) is 45.4 Å². The fraction of sp³-hybridized carbons (Fsp3) is 1.00. The molecule has 0 N–H and O–H groups in total. The van der Waals surface area contributed by atoms with Crippen LogP contribution in [0.15, 0.2) is 0 Å². The lowest BCUT2D eigenvalue weighted by molar-refractivity contribution is -0.909. The molecule has 0 saturated heterocycles. The maximum Gasteiger partial charge on any atom is 0.500 e. The summed E-state index contributed by atoms with van der Waals surface area (Å²) in [6, 6.07) is 1.68. The lowest BCUT2D eigenvalue weighted by Crippen LogP contribution is -2.49. The van der Waals surface area contributed by atoms with Crippen LogP contribution in [0.2, 0.25) is 12.1 Å². The van der Waals surface area contributed by atoms with E-state index in [-0.39, 0.29) is 0 Å². The Bertz CT molecular complexity index is 394. The quantitative estimate of drug-likeness (QED) is 0.111. The van der Waals surface area contributed by atoms with Gasteiger partial charge in [-0.2, -0.15) is 0 Å². The van der Waals surface area contributed by atoms with Gasteiger partial charge in [0, 0.05) is 67.6 Å². The normalized spacial score (nSPS) is 13.1. The molecule has 0 aliphatic rings. The third-order valence-electron chi connectivity index (χ3n) is 6.78. The molecule has 0 radical (unpaired) electrons. The Labute approximate surface area is 201 Å². The Balaban J connectivity index is 4.74. The van der Waals surface area contributed by atoms with Crippen molar-refractivity contribution in [1.82, 2.24) is 0 Å². The highest BCUT2D eigenvalue weighted by atomic mass is 28.4. The molecule has 0 atom stereocenters. The average Bonchev–Trinajstić information content (AvgIpc) is 2.82. The van der Waals surface area contributed by atoms with Gasteiger partial charge in [0.25, 0.3) is 0 Å². The van der Waals surface area contributed by atoms with E-state index in [1.807, 2.05) is 0 Å². The van der Waals surface area contributed by atoms with Gasteiger partial charge in [-0.15, -0.1) is 0 Å². The second-order valence-corrected chi connectivity index (χ2v) is 15.2. The highest BCUT2D eigenvalue weighted by molar-refractivity contribution is 6.60. The van der Waals surface area contributed by atoms with Crippen LogP contribution in [0.1, 0.15) is 71.1 Å². The molecule has 0 rings (SSSR count). The summed E-state index contributed by atoms with van der Waals surface area (Å²) in [5.41, 5.74) is 0. The van der Waals surface area contributed by atoms with Crippen LogP contribution in [0.25, 0.3) is 0 Å². The third kappa shape index (κ3) is 12.6.